The maximum absolute atomic E-state index is 2.47. The second-order valence-corrected chi connectivity index (χ2v) is 5.54. The van der Waals surface area contributed by atoms with Gasteiger partial charge in [0.2, 0.25) is 0 Å². The lowest BCUT2D eigenvalue weighted by atomic mass is 10.3. The summed E-state index contributed by atoms with van der Waals surface area (Å²) in [4.78, 5) is 7.92. The van der Waals surface area contributed by atoms with E-state index in [0.29, 0.717) is 0 Å². The van der Waals surface area contributed by atoms with Gasteiger partial charge in [0.05, 0.1) is 0 Å². The van der Waals surface area contributed by atoms with Crippen LogP contribution in [0, 0.1) is 0 Å². The number of rotatable bonds is 8. The molecule has 0 atom stereocenters. The molecule has 2 nitrogen and oxygen atoms in total. The van der Waals surface area contributed by atoms with Gasteiger partial charge in [-0.05, 0) is 38.3 Å². The van der Waals surface area contributed by atoms with Crippen LogP contribution in [-0.4, -0.2) is 36.0 Å². The molecule has 1 rings (SSSR count). The molecule has 98 valence electrons. The van der Waals surface area contributed by atoms with Gasteiger partial charge in [-0.2, -0.15) is 0 Å². The molecular formula is C14H26N2S. The van der Waals surface area contributed by atoms with Crippen molar-refractivity contribution in [3.63, 3.8) is 0 Å². The highest BCUT2D eigenvalue weighted by molar-refractivity contribution is 7.11. The topological polar surface area (TPSA) is 6.48 Å². The summed E-state index contributed by atoms with van der Waals surface area (Å²) in [5, 5.41) is 0. The molecule has 0 aliphatic heterocycles. The molecule has 0 radical (unpaired) electrons. The summed E-state index contributed by atoms with van der Waals surface area (Å²) in [7, 11) is 0. The minimum absolute atomic E-state index is 1.11. The maximum atomic E-state index is 2.47. The molecule has 0 unspecified atom stereocenters. The van der Waals surface area contributed by atoms with Crippen LogP contribution in [-0.2, 0) is 13.1 Å². The fraction of sp³-hybridized carbons (Fsp3) is 0.714. The molecule has 0 aliphatic carbocycles. The van der Waals surface area contributed by atoms with E-state index < -0.39 is 0 Å². The first-order valence-electron chi connectivity index (χ1n) is 6.75. The van der Waals surface area contributed by atoms with Gasteiger partial charge in [-0.3, -0.25) is 9.80 Å². The predicted molar refractivity (Wildman–Crippen MR) is 77.6 cm³/mol. The summed E-state index contributed by atoms with van der Waals surface area (Å²) in [6.07, 6.45) is 0. The fourth-order valence-electron chi connectivity index (χ4n) is 1.93. The van der Waals surface area contributed by atoms with Crippen molar-refractivity contribution in [3.8, 4) is 0 Å². The summed E-state index contributed by atoms with van der Waals surface area (Å²) in [6, 6.07) is 4.59. The van der Waals surface area contributed by atoms with Gasteiger partial charge in [0, 0.05) is 22.8 Å². The van der Waals surface area contributed by atoms with Crippen molar-refractivity contribution in [1.82, 2.24) is 9.80 Å². The van der Waals surface area contributed by atoms with Crippen LogP contribution in [0.2, 0.25) is 0 Å². The van der Waals surface area contributed by atoms with Gasteiger partial charge in [0.1, 0.15) is 0 Å². The molecule has 0 fully saturated rings. The zero-order chi connectivity index (χ0) is 12.7. The average molecular weight is 254 g/mol. The van der Waals surface area contributed by atoms with Crippen molar-refractivity contribution in [2.24, 2.45) is 0 Å². The molecule has 0 aliphatic rings. The quantitative estimate of drug-likeness (QED) is 0.701. The van der Waals surface area contributed by atoms with E-state index in [9.17, 15) is 0 Å². The number of nitrogens with zero attached hydrogens (tertiary/aromatic N) is 2. The van der Waals surface area contributed by atoms with E-state index in [4.69, 9.17) is 0 Å². The van der Waals surface area contributed by atoms with E-state index in [0.717, 1.165) is 39.3 Å². The van der Waals surface area contributed by atoms with Gasteiger partial charge in [0.15, 0.2) is 0 Å². The average Bonchev–Trinajstić information content (AvgIpc) is 2.80. The highest BCUT2D eigenvalue weighted by atomic mass is 32.1. The first kappa shape index (κ1) is 14.7. The maximum Gasteiger partial charge on any atom is 0.0327 e. The van der Waals surface area contributed by atoms with Gasteiger partial charge < -0.3 is 0 Å². The molecule has 0 amide bonds. The van der Waals surface area contributed by atoms with E-state index in [-0.39, 0.29) is 0 Å². The second kappa shape index (κ2) is 7.85. The molecule has 0 bridgehead atoms. The minimum atomic E-state index is 1.11. The molecule has 0 saturated carbocycles. The Morgan fingerprint density at radius 3 is 1.41 bits per heavy atom. The van der Waals surface area contributed by atoms with E-state index in [2.05, 4.69) is 49.6 Å². The molecule has 0 spiro atoms. The minimum Gasteiger partial charge on any atom is -0.299 e. The van der Waals surface area contributed by atoms with Crippen LogP contribution in [0.15, 0.2) is 12.1 Å². The lowest BCUT2D eigenvalue weighted by Crippen LogP contribution is -2.21. The lowest BCUT2D eigenvalue weighted by molar-refractivity contribution is 0.298. The molecule has 0 N–H and O–H groups in total. The Morgan fingerprint density at radius 2 is 1.12 bits per heavy atom. The number of hydrogen-bond donors (Lipinski definition) is 0. The largest absolute Gasteiger partial charge is 0.299 e. The summed E-state index contributed by atoms with van der Waals surface area (Å²) in [5.41, 5.74) is 0. The normalized spacial score (nSPS) is 11.6. The standard InChI is InChI=1S/C14H26N2S/c1-5-15(6-2)11-13-9-10-14(17-13)12-16(7-3)8-4/h9-10H,5-8,11-12H2,1-4H3. The Morgan fingerprint density at radius 1 is 0.765 bits per heavy atom. The molecule has 1 aromatic heterocycles. The first-order chi connectivity index (χ1) is 8.23. The molecule has 0 saturated heterocycles. The SMILES string of the molecule is CCN(CC)Cc1ccc(CN(CC)CC)s1. The summed E-state index contributed by atoms with van der Waals surface area (Å²) < 4.78 is 0. The van der Waals surface area contributed by atoms with Crippen molar-refractivity contribution in [2.75, 3.05) is 26.2 Å². The second-order valence-electron chi connectivity index (χ2n) is 4.29. The van der Waals surface area contributed by atoms with Gasteiger partial charge in [-0.15, -0.1) is 11.3 Å². The predicted octanol–water partition coefficient (Wildman–Crippen LogP) is 3.43. The third-order valence-electron chi connectivity index (χ3n) is 3.27. The third-order valence-corrected chi connectivity index (χ3v) is 4.32. The third kappa shape index (κ3) is 4.78. The molecule has 1 heterocycles. The monoisotopic (exact) mass is 254 g/mol. The van der Waals surface area contributed by atoms with Crippen molar-refractivity contribution in [1.29, 1.82) is 0 Å². The Balaban J connectivity index is 2.52. The van der Waals surface area contributed by atoms with Crippen LogP contribution in [0.5, 0.6) is 0 Å². The van der Waals surface area contributed by atoms with Crippen LogP contribution in [0.1, 0.15) is 37.4 Å². The van der Waals surface area contributed by atoms with Crippen LogP contribution in [0.3, 0.4) is 0 Å². The van der Waals surface area contributed by atoms with Crippen molar-refractivity contribution in [3.05, 3.63) is 21.9 Å². The van der Waals surface area contributed by atoms with Crippen LogP contribution < -0.4 is 0 Å². The smallest absolute Gasteiger partial charge is 0.0327 e. The van der Waals surface area contributed by atoms with Crippen LogP contribution >= 0.6 is 11.3 Å². The fourth-order valence-corrected chi connectivity index (χ4v) is 3.03. The first-order valence-corrected chi connectivity index (χ1v) is 7.57. The molecular weight excluding hydrogens is 228 g/mol. The van der Waals surface area contributed by atoms with Crippen molar-refractivity contribution < 1.29 is 0 Å². The van der Waals surface area contributed by atoms with Gasteiger partial charge in [-0.1, -0.05) is 27.7 Å². The lowest BCUT2D eigenvalue weighted by Gasteiger charge is -2.17. The highest BCUT2D eigenvalue weighted by Crippen LogP contribution is 2.19. The van der Waals surface area contributed by atoms with Crippen LogP contribution in [0.4, 0.5) is 0 Å². The highest BCUT2D eigenvalue weighted by Gasteiger charge is 2.06. The van der Waals surface area contributed by atoms with E-state index in [1.165, 1.54) is 9.75 Å². The number of hydrogen-bond acceptors (Lipinski definition) is 3. The summed E-state index contributed by atoms with van der Waals surface area (Å²) in [6.45, 7) is 15.7. The Bertz CT molecular complexity index is 272. The van der Waals surface area contributed by atoms with Crippen LogP contribution in [0.25, 0.3) is 0 Å². The van der Waals surface area contributed by atoms with Crippen molar-refractivity contribution in [2.45, 2.75) is 40.8 Å². The van der Waals surface area contributed by atoms with Crippen molar-refractivity contribution >= 4 is 11.3 Å². The summed E-state index contributed by atoms with van der Waals surface area (Å²) >= 11 is 1.97. The molecule has 17 heavy (non-hydrogen) atoms. The zero-order valence-corrected chi connectivity index (χ0v) is 12.5. The Hall–Kier alpha value is -0.380. The Kier molecular flexibility index (Phi) is 6.78. The van der Waals surface area contributed by atoms with Gasteiger partial charge >= 0.3 is 0 Å². The van der Waals surface area contributed by atoms with E-state index >= 15 is 0 Å². The molecule has 0 aromatic carbocycles. The Labute approximate surface area is 110 Å². The van der Waals surface area contributed by atoms with E-state index in [1.54, 1.807) is 0 Å². The summed E-state index contributed by atoms with van der Waals surface area (Å²) in [5.74, 6) is 0. The van der Waals surface area contributed by atoms with Gasteiger partial charge in [-0.25, -0.2) is 0 Å². The zero-order valence-electron chi connectivity index (χ0n) is 11.7. The van der Waals surface area contributed by atoms with Gasteiger partial charge in [0.25, 0.3) is 0 Å². The molecule has 3 heteroatoms. The number of thiophene rings is 1. The van der Waals surface area contributed by atoms with E-state index in [1.807, 2.05) is 11.3 Å². The molecule has 1 aromatic rings.